The summed E-state index contributed by atoms with van der Waals surface area (Å²) in [6.45, 7) is 17.1. The maximum Gasteiger partial charge on any atom is 0.338 e. The van der Waals surface area contributed by atoms with Crippen molar-refractivity contribution in [3.8, 4) is 0 Å². The highest BCUT2D eigenvalue weighted by atomic mass is 16.5. The smallest absolute Gasteiger partial charge is 0.338 e. The van der Waals surface area contributed by atoms with Gasteiger partial charge < -0.3 is 14.5 Å². The number of benzene rings is 3. The van der Waals surface area contributed by atoms with E-state index in [1.54, 1.807) is 24.3 Å². The standard InChI is InChI=1S/C30H33N3O2/c1-5-32(6-2)28-18-10-24(11-19-28)8-9-25-12-20-29(21-13-25)33(7-3)22-23-35-30(34)26-14-16-27(31-4)17-15-26/h8-21H,5-7,22-23H2,1-3H3/b9-8+. The molecule has 0 fully saturated rings. The summed E-state index contributed by atoms with van der Waals surface area (Å²) in [6.07, 6.45) is 4.25. The Bertz CT molecular complexity index is 1140. The maximum atomic E-state index is 12.2. The molecule has 0 aliphatic rings. The van der Waals surface area contributed by atoms with Gasteiger partial charge in [0.25, 0.3) is 0 Å². The second-order valence-corrected chi connectivity index (χ2v) is 8.06. The molecule has 0 bridgehead atoms. The van der Waals surface area contributed by atoms with Crippen molar-refractivity contribution in [3.05, 3.63) is 101 Å². The number of carbonyl (C=O) groups excluding carboxylic acids is 1. The third-order valence-electron chi connectivity index (χ3n) is 5.96. The third kappa shape index (κ3) is 7.22. The monoisotopic (exact) mass is 467 g/mol. The van der Waals surface area contributed by atoms with Crippen LogP contribution in [-0.2, 0) is 4.74 Å². The van der Waals surface area contributed by atoms with Crippen LogP contribution in [0.2, 0.25) is 0 Å². The molecule has 5 heteroatoms. The van der Waals surface area contributed by atoms with Crippen LogP contribution >= 0.6 is 0 Å². The van der Waals surface area contributed by atoms with Crippen molar-refractivity contribution < 1.29 is 9.53 Å². The first-order chi connectivity index (χ1) is 17.1. The minimum absolute atomic E-state index is 0.294. The van der Waals surface area contributed by atoms with Gasteiger partial charge in [0.05, 0.1) is 18.7 Å². The topological polar surface area (TPSA) is 37.1 Å². The summed E-state index contributed by atoms with van der Waals surface area (Å²) in [7, 11) is 0. The average molecular weight is 468 g/mol. The third-order valence-corrected chi connectivity index (χ3v) is 5.96. The molecule has 0 aliphatic heterocycles. The summed E-state index contributed by atoms with van der Waals surface area (Å²) in [5.74, 6) is -0.372. The van der Waals surface area contributed by atoms with Crippen LogP contribution in [0.1, 0.15) is 42.3 Å². The fraction of sp³-hybridized carbons (Fsp3) is 0.267. The summed E-state index contributed by atoms with van der Waals surface area (Å²) in [5.41, 5.74) is 5.60. The predicted octanol–water partition coefficient (Wildman–Crippen LogP) is 6.94. The van der Waals surface area contributed by atoms with E-state index in [0.717, 1.165) is 30.9 Å². The molecule has 5 nitrogen and oxygen atoms in total. The first kappa shape index (κ1) is 25.6. The molecule has 0 amide bonds. The molecular formula is C30H33N3O2. The molecule has 3 aromatic rings. The van der Waals surface area contributed by atoms with E-state index in [1.807, 2.05) is 0 Å². The molecule has 0 atom stereocenters. The van der Waals surface area contributed by atoms with Crippen LogP contribution in [0, 0.1) is 6.57 Å². The number of esters is 1. The molecule has 0 saturated heterocycles. The molecule has 180 valence electrons. The van der Waals surface area contributed by atoms with E-state index in [0.29, 0.717) is 24.4 Å². The van der Waals surface area contributed by atoms with Crippen LogP contribution in [0.4, 0.5) is 17.1 Å². The number of hydrogen-bond donors (Lipinski definition) is 0. The molecule has 0 unspecified atom stereocenters. The number of rotatable bonds is 11. The number of anilines is 2. The van der Waals surface area contributed by atoms with E-state index in [4.69, 9.17) is 11.3 Å². The lowest BCUT2D eigenvalue weighted by molar-refractivity contribution is 0.0515. The molecule has 3 rings (SSSR count). The van der Waals surface area contributed by atoms with E-state index in [-0.39, 0.29) is 5.97 Å². The van der Waals surface area contributed by atoms with Crippen LogP contribution < -0.4 is 9.80 Å². The van der Waals surface area contributed by atoms with Gasteiger partial charge >= 0.3 is 5.97 Å². The van der Waals surface area contributed by atoms with Gasteiger partial charge in [-0.25, -0.2) is 9.64 Å². The van der Waals surface area contributed by atoms with Crippen molar-refractivity contribution in [2.24, 2.45) is 0 Å². The molecule has 0 aromatic heterocycles. The molecular weight excluding hydrogens is 434 g/mol. The molecule has 0 saturated carbocycles. The first-order valence-electron chi connectivity index (χ1n) is 12.1. The number of nitrogens with zero attached hydrogens (tertiary/aromatic N) is 3. The van der Waals surface area contributed by atoms with E-state index in [2.05, 4.69) is 96.1 Å². The zero-order valence-corrected chi connectivity index (χ0v) is 20.8. The van der Waals surface area contributed by atoms with Gasteiger partial charge in [0.2, 0.25) is 0 Å². The van der Waals surface area contributed by atoms with Crippen molar-refractivity contribution in [1.82, 2.24) is 0 Å². The Morgan fingerprint density at radius 2 is 1.26 bits per heavy atom. The fourth-order valence-corrected chi connectivity index (χ4v) is 3.85. The lowest BCUT2D eigenvalue weighted by Crippen LogP contribution is -2.28. The van der Waals surface area contributed by atoms with E-state index < -0.39 is 0 Å². The number of hydrogen-bond acceptors (Lipinski definition) is 4. The van der Waals surface area contributed by atoms with Crippen molar-refractivity contribution in [2.45, 2.75) is 20.8 Å². The summed E-state index contributed by atoms with van der Waals surface area (Å²) < 4.78 is 5.43. The average Bonchev–Trinajstić information content (AvgIpc) is 2.91. The minimum atomic E-state index is -0.372. The predicted molar refractivity (Wildman–Crippen MR) is 146 cm³/mol. The minimum Gasteiger partial charge on any atom is -0.460 e. The highest BCUT2D eigenvalue weighted by Crippen LogP contribution is 2.19. The lowest BCUT2D eigenvalue weighted by atomic mass is 10.1. The Labute approximate surface area is 209 Å². The summed E-state index contributed by atoms with van der Waals surface area (Å²) in [4.78, 5) is 20.1. The van der Waals surface area contributed by atoms with E-state index in [9.17, 15) is 4.79 Å². The fourth-order valence-electron chi connectivity index (χ4n) is 3.85. The zero-order chi connectivity index (χ0) is 25.0. The summed E-state index contributed by atoms with van der Waals surface area (Å²) >= 11 is 0. The van der Waals surface area contributed by atoms with Crippen LogP contribution in [0.5, 0.6) is 0 Å². The molecule has 0 spiro atoms. The van der Waals surface area contributed by atoms with Crippen molar-refractivity contribution >= 4 is 35.2 Å². The normalized spacial score (nSPS) is 10.7. The lowest BCUT2D eigenvalue weighted by Gasteiger charge is -2.23. The molecule has 35 heavy (non-hydrogen) atoms. The van der Waals surface area contributed by atoms with Gasteiger partial charge in [0.15, 0.2) is 5.69 Å². The summed E-state index contributed by atoms with van der Waals surface area (Å²) in [5, 5.41) is 0. The Balaban J connectivity index is 1.53. The number of ether oxygens (including phenoxy) is 1. The Morgan fingerprint density at radius 1 is 0.771 bits per heavy atom. The van der Waals surface area contributed by atoms with Gasteiger partial charge in [-0.3, -0.25) is 0 Å². The summed E-state index contributed by atoms with van der Waals surface area (Å²) in [6, 6.07) is 23.5. The van der Waals surface area contributed by atoms with Crippen LogP contribution in [0.3, 0.4) is 0 Å². The van der Waals surface area contributed by atoms with Crippen LogP contribution in [-0.4, -0.2) is 38.8 Å². The van der Waals surface area contributed by atoms with Gasteiger partial charge in [-0.1, -0.05) is 60.7 Å². The Hall–Kier alpha value is -4.04. The van der Waals surface area contributed by atoms with Gasteiger partial charge in [0.1, 0.15) is 6.61 Å². The largest absolute Gasteiger partial charge is 0.460 e. The molecule has 0 radical (unpaired) electrons. The quantitative estimate of drug-likeness (QED) is 0.174. The molecule has 3 aromatic carbocycles. The Kier molecular flexibility index (Phi) is 9.50. The van der Waals surface area contributed by atoms with Gasteiger partial charge in [-0.2, -0.15) is 0 Å². The molecule has 0 N–H and O–H groups in total. The second-order valence-electron chi connectivity index (χ2n) is 8.06. The van der Waals surface area contributed by atoms with Crippen molar-refractivity contribution in [2.75, 3.05) is 42.6 Å². The van der Waals surface area contributed by atoms with Crippen LogP contribution in [0.25, 0.3) is 17.0 Å². The van der Waals surface area contributed by atoms with Gasteiger partial charge in [-0.15, -0.1) is 0 Å². The van der Waals surface area contributed by atoms with Gasteiger partial charge in [-0.05, 0) is 56.2 Å². The molecule has 0 heterocycles. The second kappa shape index (κ2) is 13.0. The number of carbonyl (C=O) groups is 1. The van der Waals surface area contributed by atoms with Crippen molar-refractivity contribution in [3.63, 3.8) is 0 Å². The van der Waals surface area contributed by atoms with E-state index in [1.165, 1.54) is 11.3 Å². The Morgan fingerprint density at radius 3 is 1.71 bits per heavy atom. The highest BCUT2D eigenvalue weighted by Gasteiger charge is 2.09. The van der Waals surface area contributed by atoms with Gasteiger partial charge in [0, 0.05) is 31.0 Å². The number of likely N-dealkylation sites (N-methyl/N-ethyl adjacent to an activating group) is 1. The van der Waals surface area contributed by atoms with E-state index >= 15 is 0 Å². The zero-order valence-electron chi connectivity index (χ0n) is 20.8. The molecule has 0 aliphatic carbocycles. The first-order valence-corrected chi connectivity index (χ1v) is 12.1. The van der Waals surface area contributed by atoms with Crippen molar-refractivity contribution in [1.29, 1.82) is 0 Å². The maximum absolute atomic E-state index is 12.2. The highest BCUT2D eigenvalue weighted by molar-refractivity contribution is 5.89. The van der Waals surface area contributed by atoms with Crippen LogP contribution in [0.15, 0.2) is 72.8 Å². The SMILES string of the molecule is [C-]#[N+]c1ccc(C(=O)OCCN(CC)c2ccc(/C=C/c3ccc(N(CC)CC)cc3)cc2)cc1.